The molecule has 0 N–H and O–H groups in total. The molecule has 116 valence electrons. The number of rotatable bonds is 4. The highest BCUT2D eigenvalue weighted by molar-refractivity contribution is 6.01. The predicted octanol–water partition coefficient (Wildman–Crippen LogP) is 2.14. The van der Waals surface area contributed by atoms with Crippen LogP contribution in [0.15, 0.2) is 12.3 Å². The third-order valence-electron chi connectivity index (χ3n) is 3.49. The first-order chi connectivity index (χ1) is 10.5. The number of carbonyl (C=O) groups is 2. The van der Waals surface area contributed by atoms with E-state index in [-0.39, 0.29) is 12.4 Å². The molecule has 2 rings (SSSR count). The molecule has 0 atom stereocenters. The van der Waals surface area contributed by atoms with Crippen molar-refractivity contribution in [3.05, 3.63) is 34.6 Å². The van der Waals surface area contributed by atoms with Crippen LogP contribution >= 0.6 is 0 Å². The molecule has 0 fully saturated rings. The largest absolute Gasteiger partial charge is 0.469 e. The van der Waals surface area contributed by atoms with Gasteiger partial charge in [-0.05, 0) is 38.0 Å². The summed E-state index contributed by atoms with van der Waals surface area (Å²) in [6, 6.07) is 1.85. The van der Waals surface area contributed by atoms with Crippen LogP contribution in [-0.2, 0) is 20.7 Å². The normalized spacial score (nSPS) is 10.5. The van der Waals surface area contributed by atoms with Gasteiger partial charge in [0.05, 0.1) is 37.6 Å². The van der Waals surface area contributed by atoms with Gasteiger partial charge in [-0.2, -0.15) is 10.2 Å². The van der Waals surface area contributed by atoms with E-state index in [2.05, 4.69) is 14.9 Å². The molecule has 22 heavy (non-hydrogen) atoms. The molecule has 0 spiro atoms. The molecule has 6 heteroatoms. The summed E-state index contributed by atoms with van der Waals surface area (Å²) >= 11 is 0. The second-order valence-corrected chi connectivity index (χ2v) is 4.92. The molecule has 0 amide bonds. The number of aryl methyl sites for hydroxylation is 2. The zero-order valence-electron chi connectivity index (χ0n) is 13.1. The van der Waals surface area contributed by atoms with Gasteiger partial charge in [-0.15, -0.1) is 0 Å². The summed E-state index contributed by atoms with van der Waals surface area (Å²) in [4.78, 5) is 23.7. The fourth-order valence-electron chi connectivity index (χ4n) is 2.56. The topological polar surface area (TPSA) is 78.4 Å². The summed E-state index contributed by atoms with van der Waals surface area (Å²) in [6.07, 6.45) is 1.62. The van der Waals surface area contributed by atoms with Gasteiger partial charge in [0, 0.05) is 10.8 Å². The molecule has 0 saturated heterocycles. The van der Waals surface area contributed by atoms with Gasteiger partial charge in [-0.3, -0.25) is 4.79 Å². The molecule has 0 aliphatic rings. The number of hydrogen-bond donors (Lipinski definition) is 0. The third kappa shape index (κ3) is 2.90. The highest BCUT2D eigenvalue weighted by atomic mass is 16.5. The standard InChI is InChI=1S/C16H18N2O4/c1-5-22-16(20)14-9(2)6-11-8-17-18-12(7-13(19)21-4)15(11)10(14)3/h6,8H,5,7H2,1-4H3. The molecule has 0 unspecified atom stereocenters. The number of hydrogen-bond acceptors (Lipinski definition) is 6. The van der Waals surface area contributed by atoms with Crippen molar-refractivity contribution in [3.8, 4) is 0 Å². The van der Waals surface area contributed by atoms with Crippen molar-refractivity contribution in [1.82, 2.24) is 10.2 Å². The molecule has 0 radical (unpaired) electrons. The Morgan fingerprint density at radius 2 is 2.00 bits per heavy atom. The van der Waals surface area contributed by atoms with Crippen LogP contribution in [-0.4, -0.2) is 35.9 Å². The summed E-state index contributed by atoms with van der Waals surface area (Å²) in [7, 11) is 1.32. The number of nitrogens with zero attached hydrogens (tertiary/aromatic N) is 2. The van der Waals surface area contributed by atoms with Gasteiger partial charge in [0.15, 0.2) is 0 Å². The number of carbonyl (C=O) groups excluding carboxylic acids is 2. The van der Waals surface area contributed by atoms with Crippen molar-refractivity contribution >= 4 is 22.7 Å². The number of fused-ring (bicyclic) bond motifs is 1. The Balaban J connectivity index is 2.67. The van der Waals surface area contributed by atoms with Crippen LogP contribution in [0, 0.1) is 13.8 Å². The fraction of sp³-hybridized carbons (Fsp3) is 0.375. The van der Waals surface area contributed by atoms with Crippen LogP contribution in [0.2, 0.25) is 0 Å². The predicted molar refractivity (Wildman–Crippen MR) is 80.7 cm³/mol. The van der Waals surface area contributed by atoms with Gasteiger partial charge in [-0.25, -0.2) is 4.79 Å². The lowest BCUT2D eigenvalue weighted by molar-refractivity contribution is -0.139. The molecule has 0 bridgehead atoms. The first kappa shape index (κ1) is 15.9. The molecular formula is C16H18N2O4. The van der Waals surface area contributed by atoms with Crippen molar-refractivity contribution in [2.24, 2.45) is 0 Å². The van der Waals surface area contributed by atoms with E-state index in [1.165, 1.54) is 7.11 Å². The summed E-state index contributed by atoms with van der Waals surface area (Å²) in [5.74, 6) is -0.778. The lowest BCUT2D eigenvalue weighted by Gasteiger charge is -2.13. The van der Waals surface area contributed by atoms with Crippen molar-refractivity contribution < 1.29 is 19.1 Å². The minimum Gasteiger partial charge on any atom is -0.469 e. The Morgan fingerprint density at radius 3 is 2.64 bits per heavy atom. The number of esters is 2. The van der Waals surface area contributed by atoms with Crippen molar-refractivity contribution in [2.45, 2.75) is 27.2 Å². The first-order valence-electron chi connectivity index (χ1n) is 6.98. The molecule has 0 aliphatic carbocycles. The number of methoxy groups -OCH3 is 1. The van der Waals surface area contributed by atoms with Gasteiger partial charge in [0.2, 0.25) is 0 Å². The smallest absolute Gasteiger partial charge is 0.338 e. The monoisotopic (exact) mass is 302 g/mol. The Kier molecular flexibility index (Phi) is 4.70. The third-order valence-corrected chi connectivity index (χ3v) is 3.49. The first-order valence-corrected chi connectivity index (χ1v) is 6.98. The van der Waals surface area contributed by atoms with Gasteiger partial charge in [0.25, 0.3) is 0 Å². The number of benzene rings is 1. The summed E-state index contributed by atoms with van der Waals surface area (Å²) in [5.41, 5.74) is 2.54. The molecule has 1 aromatic heterocycles. The van der Waals surface area contributed by atoms with E-state index in [0.29, 0.717) is 17.9 Å². The van der Waals surface area contributed by atoms with Crippen LogP contribution in [0.5, 0.6) is 0 Å². The average molecular weight is 302 g/mol. The Labute approximate surface area is 128 Å². The minimum absolute atomic E-state index is 0.00695. The average Bonchev–Trinajstić information content (AvgIpc) is 2.47. The Morgan fingerprint density at radius 1 is 1.27 bits per heavy atom. The van der Waals surface area contributed by atoms with E-state index >= 15 is 0 Å². The van der Waals surface area contributed by atoms with E-state index in [1.54, 1.807) is 13.1 Å². The molecule has 6 nitrogen and oxygen atoms in total. The Hall–Kier alpha value is -2.50. The quantitative estimate of drug-likeness (QED) is 0.805. The van der Waals surface area contributed by atoms with Crippen LogP contribution < -0.4 is 0 Å². The lowest BCUT2D eigenvalue weighted by Crippen LogP contribution is -2.12. The van der Waals surface area contributed by atoms with E-state index in [4.69, 9.17) is 4.74 Å². The second kappa shape index (κ2) is 6.51. The zero-order valence-corrected chi connectivity index (χ0v) is 13.1. The van der Waals surface area contributed by atoms with Crippen LogP contribution in [0.3, 0.4) is 0 Å². The van der Waals surface area contributed by atoms with Gasteiger partial charge < -0.3 is 9.47 Å². The van der Waals surface area contributed by atoms with Crippen molar-refractivity contribution in [2.75, 3.05) is 13.7 Å². The van der Waals surface area contributed by atoms with E-state index in [9.17, 15) is 9.59 Å². The maximum Gasteiger partial charge on any atom is 0.338 e. The molecule has 2 aromatic rings. The summed E-state index contributed by atoms with van der Waals surface area (Å²) < 4.78 is 9.80. The number of aromatic nitrogens is 2. The molecular weight excluding hydrogens is 284 g/mol. The van der Waals surface area contributed by atoms with Crippen molar-refractivity contribution in [1.29, 1.82) is 0 Å². The maximum atomic E-state index is 12.2. The fourth-order valence-corrected chi connectivity index (χ4v) is 2.56. The molecule has 0 aliphatic heterocycles. The second-order valence-electron chi connectivity index (χ2n) is 4.92. The van der Waals surface area contributed by atoms with Crippen LogP contribution in [0.1, 0.15) is 34.1 Å². The Bertz CT molecular complexity index is 740. The van der Waals surface area contributed by atoms with E-state index in [1.807, 2.05) is 19.9 Å². The molecule has 1 heterocycles. The van der Waals surface area contributed by atoms with Crippen LogP contribution in [0.25, 0.3) is 10.8 Å². The molecule has 1 aromatic carbocycles. The van der Waals surface area contributed by atoms with Gasteiger partial charge in [0.1, 0.15) is 0 Å². The van der Waals surface area contributed by atoms with Crippen LogP contribution in [0.4, 0.5) is 0 Å². The minimum atomic E-state index is -0.403. The van der Waals surface area contributed by atoms with Gasteiger partial charge >= 0.3 is 11.9 Å². The highest BCUT2D eigenvalue weighted by Crippen LogP contribution is 2.27. The molecule has 0 saturated carbocycles. The SMILES string of the molecule is CCOC(=O)c1c(C)cc2cnnc(CC(=O)OC)c2c1C. The van der Waals surface area contributed by atoms with Crippen molar-refractivity contribution in [3.63, 3.8) is 0 Å². The van der Waals surface area contributed by atoms with Gasteiger partial charge in [-0.1, -0.05) is 0 Å². The van der Waals surface area contributed by atoms with E-state index in [0.717, 1.165) is 21.9 Å². The maximum absolute atomic E-state index is 12.2. The summed E-state index contributed by atoms with van der Waals surface area (Å²) in [6.45, 7) is 5.74. The zero-order chi connectivity index (χ0) is 16.3. The highest BCUT2D eigenvalue weighted by Gasteiger charge is 2.19. The lowest BCUT2D eigenvalue weighted by atomic mass is 9.95. The van der Waals surface area contributed by atoms with E-state index < -0.39 is 5.97 Å². The summed E-state index contributed by atoms with van der Waals surface area (Å²) in [5, 5.41) is 9.52. The number of ether oxygens (including phenoxy) is 2.